The molecule has 0 N–H and O–H groups in total. The van der Waals surface area contributed by atoms with Crippen molar-refractivity contribution in [1.82, 2.24) is 0 Å². The molecule has 0 fully saturated rings. The first-order chi connectivity index (χ1) is 12.8. The first-order valence-electron chi connectivity index (χ1n) is 9.84. The van der Waals surface area contributed by atoms with Gasteiger partial charge in [-0.3, -0.25) is 0 Å². The predicted molar refractivity (Wildman–Crippen MR) is 109 cm³/mol. The summed E-state index contributed by atoms with van der Waals surface area (Å²) >= 11 is 0. The van der Waals surface area contributed by atoms with Crippen molar-refractivity contribution < 1.29 is 25.1 Å². The van der Waals surface area contributed by atoms with Gasteiger partial charge in [0.2, 0.25) is 11.4 Å². The maximum Gasteiger partial charge on any atom is 0.211 e. The first kappa shape index (κ1) is 21.5. The van der Waals surface area contributed by atoms with E-state index in [0.29, 0.717) is 0 Å². The number of allylic oxidation sites excluding steroid dienone is 2. The van der Waals surface area contributed by atoms with Crippen LogP contribution in [0.3, 0.4) is 0 Å². The van der Waals surface area contributed by atoms with Crippen LogP contribution in [0.5, 0.6) is 0 Å². The van der Waals surface area contributed by atoms with Crippen molar-refractivity contribution in [3.8, 4) is 0 Å². The van der Waals surface area contributed by atoms with E-state index in [1.807, 2.05) is 36.4 Å². The molecule has 144 valence electrons. The summed E-state index contributed by atoms with van der Waals surface area (Å²) in [6.07, 6.45) is 6.59. The van der Waals surface area contributed by atoms with Crippen LogP contribution in [0, 0.1) is 0 Å². The van der Waals surface area contributed by atoms with Crippen LogP contribution in [-0.2, 0) is 20.4 Å². The Morgan fingerprint density at radius 1 is 0.667 bits per heavy atom. The van der Waals surface area contributed by atoms with Crippen LogP contribution in [0.25, 0.3) is 16.9 Å². The van der Waals surface area contributed by atoms with Gasteiger partial charge in [-0.15, -0.1) is 0 Å². The molecule has 0 atom stereocenters. The number of unbranched alkanes of at least 4 members (excludes halogenated alkanes) is 2. The summed E-state index contributed by atoms with van der Waals surface area (Å²) in [6, 6.07) is 20.6. The topological polar surface area (TPSA) is 25.3 Å². The van der Waals surface area contributed by atoms with Crippen molar-refractivity contribution in [2.45, 2.75) is 52.4 Å². The van der Waals surface area contributed by atoms with Gasteiger partial charge in [0, 0.05) is 42.7 Å². The second-order valence-electron chi connectivity index (χ2n) is 6.91. The first-order valence-corrected chi connectivity index (χ1v) is 9.84. The van der Waals surface area contributed by atoms with Gasteiger partial charge in [0.05, 0.1) is 0 Å². The standard InChI is InChI=1S/C24H28N2.Pd/c1-3-5-17-21-22(18-6-4-2)24(20-15-11-8-12-16-20)26(25)23(21)19-13-9-7-10-14-19;/h7-16H,3-6,17-18H2,1-2H3;. The Kier molecular flexibility index (Phi) is 8.35. The maximum absolute atomic E-state index is 11.2. The van der Waals surface area contributed by atoms with Gasteiger partial charge in [-0.25, -0.2) is 4.70 Å². The second kappa shape index (κ2) is 10.5. The molecule has 0 aromatic heterocycles. The number of hydrogen-bond donors (Lipinski definition) is 0. The van der Waals surface area contributed by atoms with Gasteiger partial charge in [0.25, 0.3) is 0 Å². The van der Waals surface area contributed by atoms with Crippen LogP contribution < -0.4 is 0 Å². The van der Waals surface area contributed by atoms with E-state index in [2.05, 4.69) is 38.1 Å². The van der Waals surface area contributed by atoms with E-state index >= 15 is 0 Å². The van der Waals surface area contributed by atoms with Gasteiger partial charge in [0.1, 0.15) is 0 Å². The second-order valence-corrected chi connectivity index (χ2v) is 6.91. The molecule has 27 heavy (non-hydrogen) atoms. The van der Waals surface area contributed by atoms with Crippen LogP contribution >= 0.6 is 0 Å². The fourth-order valence-electron chi connectivity index (χ4n) is 3.68. The van der Waals surface area contributed by atoms with E-state index in [0.717, 1.165) is 61.0 Å². The average Bonchev–Trinajstić information content (AvgIpc) is 2.97. The van der Waals surface area contributed by atoms with Crippen LogP contribution in [0.4, 0.5) is 0 Å². The minimum atomic E-state index is 0. The summed E-state index contributed by atoms with van der Waals surface area (Å²) < 4.78 is 1.45. The molecule has 0 saturated carbocycles. The molecule has 0 spiro atoms. The quantitative estimate of drug-likeness (QED) is 0.299. The molecule has 0 aliphatic carbocycles. The maximum atomic E-state index is 11.2. The summed E-state index contributed by atoms with van der Waals surface area (Å²) in [7, 11) is 0. The van der Waals surface area contributed by atoms with E-state index < -0.39 is 0 Å². The number of rotatable bonds is 8. The van der Waals surface area contributed by atoms with Gasteiger partial charge in [-0.2, -0.15) is 0 Å². The smallest absolute Gasteiger partial charge is 0.211 e. The molecule has 0 unspecified atom stereocenters. The number of nitrogens with zero attached hydrogens (tertiary/aromatic N) is 2. The fourth-order valence-corrected chi connectivity index (χ4v) is 3.68. The molecule has 1 aliphatic rings. The molecule has 2 aromatic carbocycles. The van der Waals surface area contributed by atoms with Crippen molar-refractivity contribution >= 4 is 11.4 Å². The van der Waals surface area contributed by atoms with E-state index in [9.17, 15) is 5.53 Å². The zero-order valence-corrected chi connectivity index (χ0v) is 17.8. The third-order valence-electron chi connectivity index (χ3n) is 5.01. The van der Waals surface area contributed by atoms with Gasteiger partial charge in [-0.05, 0) is 49.9 Å². The van der Waals surface area contributed by atoms with Gasteiger partial charge in [-0.1, -0.05) is 63.1 Å². The van der Waals surface area contributed by atoms with Gasteiger partial charge >= 0.3 is 0 Å². The Hall–Kier alpha value is -1.82. The molecule has 0 radical (unpaired) electrons. The SMILES string of the molecule is CCCCC1=C(c2ccccc2)[N+](=[N-])C(c2ccccc2)=C1CCCC.[Pd]. The minimum Gasteiger partial charge on any atom is -0.493 e. The van der Waals surface area contributed by atoms with Gasteiger partial charge in [0.15, 0.2) is 0 Å². The Morgan fingerprint density at radius 3 is 1.37 bits per heavy atom. The van der Waals surface area contributed by atoms with Crippen molar-refractivity contribution in [2.75, 3.05) is 0 Å². The van der Waals surface area contributed by atoms with Crippen LogP contribution in [-0.4, -0.2) is 4.70 Å². The molecule has 3 rings (SSSR count). The predicted octanol–water partition coefficient (Wildman–Crippen LogP) is 7.23. The Balaban J connectivity index is 0.00000261. The van der Waals surface area contributed by atoms with Crippen molar-refractivity contribution in [3.63, 3.8) is 0 Å². The van der Waals surface area contributed by atoms with E-state index in [1.54, 1.807) is 0 Å². The van der Waals surface area contributed by atoms with Crippen LogP contribution in [0.1, 0.15) is 63.5 Å². The Labute approximate surface area is 177 Å². The Morgan fingerprint density at radius 2 is 1.04 bits per heavy atom. The van der Waals surface area contributed by atoms with Crippen LogP contribution in [0.15, 0.2) is 71.8 Å². The van der Waals surface area contributed by atoms with Crippen LogP contribution in [0.2, 0.25) is 0 Å². The monoisotopic (exact) mass is 450 g/mol. The van der Waals surface area contributed by atoms with Crippen molar-refractivity contribution in [3.05, 3.63) is 88.5 Å². The normalized spacial score (nSPS) is 13.9. The third-order valence-corrected chi connectivity index (χ3v) is 5.01. The van der Waals surface area contributed by atoms with Crippen molar-refractivity contribution in [1.29, 1.82) is 0 Å². The molecule has 0 bridgehead atoms. The zero-order valence-electron chi connectivity index (χ0n) is 16.2. The molecule has 0 saturated heterocycles. The molecule has 2 aromatic rings. The Bertz CT molecular complexity index is 750. The molecule has 1 aliphatic heterocycles. The molecular weight excluding hydrogens is 423 g/mol. The summed E-state index contributed by atoms with van der Waals surface area (Å²) in [5.41, 5.74) is 17.9. The summed E-state index contributed by atoms with van der Waals surface area (Å²) in [6.45, 7) is 4.45. The minimum absolute atomic E-state index is 0. The van der Waals surface area contributed by atoms with Crippen molar-refractivity contribution in [2.24, 2.45) is 0 Å². The fraction of sp³-hybridized carbons (Fsp3) is 0.333. The molecular formula is C24H28N2Pd. The zero-order chi connectivity index (χ0) is 18.4. The summed E-state index contributed by atoms with van der Waals surface area (Å²) in [5, 5.41) is 0. The summed E-state index contributed by atoms with van der Waals surface area (Å²) in [4.78, 5) is 0. The largest absolute Gasteiger partial charge is 0.493 e. The van der Waals surface area contributed by atoms with Gasteiger partial charge < -0.3 is 5.53 Å². The molecule has 2 nitrogen and oxygen atoms in total. The molecule has 0 amide bonds. The number of benzene rings is 2. The average molecular weight is 451 g/mol. The van der Waals surface area contributed by atoms with E-state index in [4.69, 9.17) is 0 Å². The number of hydrogen-bond acceptors (Lipinski definition) is 0. The van der Waals surface area contributed by atoms with E-state index in [-0.39, 0.29) is 20.4 Å². The summed E-state index contributed by atoms with van der Waals surface area (Å²) in [5.74, 6) is 0. The molecule has 1 heterocycles. The molecule has 3 heteroatoms. The third kappa shape index (κ3) is 4.73. The van der Waals surface area contributed by atoms with E-state index in [1.165, 1.54) is 15.8 Å².